The predicted molar refractivity (Wildman–Crippen MR) is 132 cm³/mol. The number of thioether (sulfide) groups is 1. The number of ether oxygens (including phenoxy) is 2. The van der Waals surface area contributed by atoms with Gasteiger partial charge in [-0.15, -0.1) is 0 Å². The van der Waals surface area contributed by atoms with Crippen LogP contribution >= 0.6 is 11.8 Å². The summed E-state index contributed by atoms with van der Waals surface area (Å²) in [7, 11) is 2.93. The van der Waals surface area contributed by atoms with Gasteiger partial charge in [0.25, 0.3) is 5.91 Å². The highest BCUT2D eigenvalue weighted by Crippen LogP contribution is 2.26. The second kappa shape index (κ2) is 12.6. The quantitative estimate of drug-likeness (QED) is 0.318. The molecule has 0 bridgehead atoms. The van der Waals surface area contributed by atoms with Crippen LogP contribution in [0.1, 0.15) is 24.0 Å². The van der Waals surface area contributed by atoms with Gasteiger partial charge in [0, 0.05) is 13.0 Å². The highest BCUT2D eigenvalue weighted by molar-refractivity contribution is 8.14. The van der Waals surface area contributed by atoms with Crippen LogP contribution < -0.4 is 10.1 Å². The van der Waals surface area contributed by atoms with Crippen LogP contribution in [0.4, 0.5) is 0 Å². The van der Waals surface area contributed by atoms with Crippen LogP contribution in [0.15, 0.2) is 65.3 Å². The van der Waals surface area contributed by atoms with Crippen molar-refractivity contribution in [3.63, 3.8) is 0 Å². The number of benzene rings is 2. The van der Waals surface area contributed by atoms with Crippen molar-refractivity contribution in [2.45, 2.75) is 19.4 Å². The third-order valence-electron chi connectivity index (χ3n) is 4.95. The van der Waals surface area contributed by atoms with Crippen LogP contribution in [-0.4, -0.2) is 54.4 Å². The third kappa shape index (κ3) is 7.21. The van der Waals surface area contributed by atoms with Crippen LogP contribution in [0.25, 0.3) is 6.08 Å². The smallest absolute Gasteiger partial charge is 0.305 e. The molecule has 1 N–H and O–H groups in total. The van der Waals surface area contributed by atoms with Crippen molar-refractivity contribution in [2.24, 2.45) is 4.99 Å². The topological polar surface area (TPSA) is 97.3 Å². The number of carbonyl (C=O) groups excluding carboxylic acids is 3. The number of nitrogens with zero attached hydrogens (tertiary/aromatic N) is 2. The van der Waals surface area contributed by atoms with Crippen molar-refractivity contribution in [3.8, 4) is 5.75 Å². The SMILES string of the molecule is COC(=O)CCCNC(=O)CSC1=N/C(=C\c2ccc(OC)cc2)C(=O)N1Cc1ccccc1. The largest absolute Gasteiger partial charge is 0.497 e. The number of methoxy groups -OCH3 is 2. The Bertz CT molecular complexity index is 1070. The molecule has 0 saturated heterocycles. The number of amides is 2. The fraction of sp³-hybridized carbons (Fsp3) is 0.280. The molecule has 2 aromatic carbocycles. The van der Waals surface area contributed by atoms with Crippen molar-refractivity contribution in [1.82, 2.24) is 10.2 Å². The highest BCUT2D eigenvalue weighted by atomic mass is 32.2. The van der Waals surface area contributed by atoms with Crippen molar-refractivity contribution in [3.05, 3.63) is 71.4 Å². The third-order valence-corrected chi connectivity index (χ3v) is 5.93. The lowest BCUT2D eigenvalue weighted by atomic mass is 10.1. The summed E-state index contributed by atoms with van der Waals surface area (Å²) < 4.78 is 9.77. The Hall–Kier alpha value is -3.59. The van der Waals surface area contributed by atoms with Gasteiger partial charge >= 0.3 is 5.97 Å². The summed E-state index contributed by atoms with van der Waals surface area (Å²) >= 11 is 1.20. The lowest BCUT2D eigenvalue weighted by molar-refractivity contribution is -0.140. The van der Waals surface area contributed by atoms with Gasteiger partial charge in [-0.25, -0.2) is 4.99 Å². The summed E-state index contributed by atoms with van der Waals surface area (Å²) in [5, 5.41) is 3.24. The molecule has 1 heterocycles. The van der Waals surface area contributed by atoms with Gasteiger partial charge in [-0.3, -0.25) is 19.3 Å². The average molecular weight is 482 g/mol. The second-order valence-corrected chi connectivity index (χ2v) is 8.33. The van der Waals surface area contributed by atoms with Crippen LogP contribution in [-0.2, 0) is 25.7 Å². The maximum absolute atomic E-state index is 13.2. The maximum Gasteiger partial charge on any atom is 0.305 e. The number of nitrogens with one attached hydrogen (secondary N) is 1. The Morgan fingerprint density at radius 1 is 1.09 bits per heavy atom. The zero-order chi connectivity index (χ0) is 24.3. The second-order valence-electron chi connectivity index (χ2n) is 7.39. The minimum Gasteiger partial charge on any atom is -0.497 e. The molecule has 0 spiro atoms. The first-order chi connectivity index (χ1) is 16.5. The molecular formula is C25H27N3O5S. The summed E-state index contributed by atoms with van der Waals surface area (Å²) in [6.45, 7) is 0.725. The summed E-state index contributed by atoms with van der Waals surface area (Å²) in [5.41, 5.74) is 2.09. The number of esters is 1. The van der Waals surface area contributed by atoms with Crippen LogP contribution in [0, 0.1) is 0 Å². The molecule has 2 amide bonds. The van der Waals surface area contributed by atoms with E-state index in [2.05, 4.69) is 15.0 Å². The van der Waals surface area contributed by atoms with Crippen molar-refractivity contribution in [2.75, 3.05) is 26.5 Å². The van der Waals surface area contributed by atoms with Crippen molar-refractivity contribution < 1.29 is 23.9 Å². The number of rotatable bonds is 10. The molecule has 0 aromatic heterocycles. The standard InChI is InChI=1S/C25H27N3O5S/c1-32-20-12-10-18(11-13-20)15-21-24(31)28(16-19-7-4-3-5-8-19)25(27-21)34-17-22(29)26-14-6-9-23(30)33-2/h3-5,7-8,10-13,15H,6,9,14,16-17H2,1-2H3,(H,26,29)/b21-15-. The van der Waals surface area contributed by atoms with Gasteiger partial charge in [0.15, 0.2) is 5.17 Å². The summed E-state index contributed by atoms with van der Waals surface area (Å²) in [6.07, 6.45) is 2.47. The zero-order valence-corrected chi connectivity index (χ0v) is 20.0. The Balaban J connectivity index is 1.68. The van der Waals surface area contributed by atoms with Crippen LogP contribution in [0.3, 0.4) is 0 Å². The van der Waals surface area contributed by atoms with E-state index in [1.54, 1.807) is 18.1 Å². The summed E-state index contributed by atoms with van der Waals surface area (Å²) in [5.74, 6) is 0.0990. The van der Waals surface area contributed by atoms with Crippen LogP contribution in [0.2, 0.25) is 0 Å². The lowest BCUT2D eigenvalue weighted by Crippen LogP contribution is -2.32. The zero-order valence-electron chi connectivity index (χ0n) is 19.2. The minimum atomic E-state index is -0.310. The number of hydrogen-bond donors (Lipinski definition) is 1. The molecule has 0 radical (unpaired) electrons. The van der Waals surface area contributed by atoms with Gasteiger partial charge in [-0.1, -0.05) is 54.2 Å². The molecule has 0 fully saturated rings. The maximum atomic E-state index is 13.2. The minimum absolute atomic E-state index is 0.103. The molecule has 8 nitrogen and oxygen atoms in total. The number of aliphatic imine (C=N–C) groups is 1. The average Bonchev–Trinajstić information content (AvgIpc) is 3.15. The van der Waals surface area contributed by atoms with Gasteiger partial charge in [-0.2, -0.15) is 0 Å². The number of carbonyl (C=O) groups is 3. The molecular weight excluding hydrogens is 454 g/mol. The molecule has 2 aromatic rings. The van der Waals surface area contributed by atoms with E-state index in [4.69, 9.17) is 4.74 Å². The van der Waals surface area contributed by atoms with Gasteiger partial charge in [0.2, 0.25) is 5.91 Å². The Morgan fingerprint density at radius 2 is 1.82 bits per heavy atom. The number of amidine groups is 1. The van der Waals surface area contributed by atoms with Gasteiger partial charge in [0.05, 0.1) is 26.5 Å². The fourth-order valence-electron chi connectivity index (χ4n) is 3.15. The molecule has 0 unspecified atom stereocenters. The molecule has 0 aliphatic carbocycles. The van der Waals surface area contributed by atoms with E-state index >= 15 is 0 Å². The van der Waals surface area contributed by atoms with Crippen molar-refractivity contribution >= 4 is 40.8 Å². The number of hydrogen-bond acceptors (Lipinski definition) is 7. The Labute approximate surface area is 203 Å². The lowest BCUT2D eigenvalue weighted by Gasteiger charge is -2.17. The van der Waals surface area contributed by atoms with E-state index in [0.717, 1.165) is 16.9 Å². The Kier molecular flexibility index (Phi) is 9.28. The van der Waals surface area contributed by atoms with E-state index in [0.29, 0.717) is 30.4 Å². The first kappa shape index (κ1) is 25.0. The normalized spacial score (nSPS) is 14.2. The molecule has 0 saturated carbocycles. The monoisotopic (exact) mass is 481 g/mol. The highest BCUT2D eigenvalue weighted by Gasteiger charge is 2.31. The molecule has 1 aliphatic heterocycles. The Morgan fingerprint density at radius 3 is 2.50 bits per heavy atom. The molecule has 34 heavy (non-hydrogen) atoms. The van der Waals surface area contributed by atoms with E-state index < -0.39 is 0 Å². The van der Waals surface area contributed by atoms with E-state index in [9.17, 15) is 14.4 Å². The van der Waals surface area contributed by atoms with Gasteiger partial charge in [0.1, 0.15) is 11.4 Å². The van der Waals surface area contributed by atoms with E-state index in [1.165, 1.54) is 18.9 Å². The van der Waals surface area contributed by atoms with E-state index in [1.807, 2.05) is 54.6 Å². The van der Waals surface area contributed by atoms with E-state index in [-0.39, 0.29) is 30.0 Å². The molecule has 9 heteroatoms. The molecule has 0 atom stereocenters. The predicted octanol–water partition coefficient (Wildman–Crippen LogP) is 3.24. The van der Waals surface area contributed by atoms with Crippen LogP contribution in [0.5, 0.6) is 5.75 Å². The molecule has 1 aliphatic rings. The molecule has 3 rings (SSSR count). The first-order valence-corrected chi connectivity index (χ1v) is 11.7. The van der Waals surface area contributed by atoms with Gasteiger partial charge < -0.3 is 14.8 Å². The summed E-state index contributed by atoms with van der Waals surface area (Å²) in [6, 6.07) is 17.0. The van der Waals surface area contributed by atoms with Crippen molar-refractivity contribution in [1.29, 1.82) is 0 Å². The molecule has 178 valence electrons. The van der Waals surface area contributed by atoms with Gasteiger partial charge in [-0.05, 0) is 35.8 Å². The first-order valence-electron chi connectivity index (χ1n) is 10.8. The fourth-order valence-corrected chi connectivity index (χ4v) is 3.98. The summed E-state index contributed by atoms with van der Waals surface area (Å²) in [4.78, 5) is 42.7.